The Labute approximate surface area is 255 Å². The molecule has 1 atom stereocenters. The molecule has 0 fully saturated rings. The highest BCUT2D eigenvalue weighted by molar-refractivity contribution is 6.08. The zero-order chi connectivity index (χ0) is 30.7. The third kappa shape index (κ3) is 5.05. The van der Waals surface area contributed by atoms with Crippen molar-refractivity contribution in [2.24, 2.45) is 0 Å². The van der Waals surface area contributed by atoms with Crippen molar-refractivity contribution in [2.45, 2.75) is 19.4 Å². The summed E-state index contributed by atoms with van der Waals surface area (Å²) in [7, 11) is 0. The zero-order valence-electron chi connectivity index (χ0n) is 24.4. The Hall–Kier alpha value is -5.49. The van der Waals surface area contributed by atoms with E-state index in [-0.39, 0.29) is 19.0 Å². The number of hydrogen-bond donors (Lipinski definition) is 0. The highest BCUT2D eigenvalue weighted by Gasteiger charge is 2.47. The third-order valence-electron chi connectivity index (χ3n) is 7.70. The molecule has 1 aliphatic carbocycles. The SMILES string of the molecule is CCOC(=O)c1ccc2c(c1)C=CC(=O)C2(Oc1ccc2cc(C(=O)OCC)ccc2c1-c1ccccc1)c1ccccc1. The average Bonchev–Trinajstić information content (AvgIpc) is 3.06. The van der Waals surface area contributed by atoms with E-state index in [1.165, 1.54) is 6.08 Å². The van der Waals surface area contributed by atoms with Crippen molar-refractivity contribution < 1.29 is 28.6 Å². The van der Waals surface area contributed by atoms with Gasteiger partial charge in [-0.15, -0.1) is 0 Å². The molecule has 1 unspecified atom stereocenters. The summed E-state index contributed by atoms with van der Waals surface area (Å²) in [6, 6.07) is 33.5. The maximum Gasteiger partial charge on any atom is 0.338 e. The Morgan fingerprint density at radius 3 is 2.00 bits per heavy atom. The number of benzene rings is 5. The molecule has 0 amide bonds. The number of esters is 2. The predicted octanol–water partition coefficient (Wildman–Crippen LogP) is 7.78. The summed E-state index contributed by atoms with van der Waals surface area (Å²) in [6.07, 6.45) is 3.21. The first kappa shape index (κ1) is 28.6. The van der Waals surface area contributed by atoms with Crippen LogP contribution < -0.4 is 4.74 Å². The molecule has 6 heteroatoms. The Kier molecular flexibility index (Phi) is 7.82. The lowest BCUT2D eigenvalue weighted by Gasteiger charge is -2.37. The van der Waals surface area contributed by atoms with Gasteiger partial charge in [0.05, 0.1) is 24.3 Å². The normalized spacial score (nSPS) is 15.5. The molecule has 5 aromatic carbocycles. The Balaban J connectivity index is 1.58. The van der Waals surface area contributed by atoms with Crippen LogP contribution in [-0.2, 0) is 19.9 Å². The van der Waals surface area contributed by atoms with Gasteiger partial charge in [0.2, 0.25) is 11.4 Å². The van der Waals surface area contributed by atoms with E-state index in [0.717, 1.165) is 21.9 Å². The van der Waals surface area contributed by atoms with E-state index in [0.29, 0.717) is 33.6 Å². The quantitative estimate of drug-likeness (QED) is 0.174. The topological polar surface area (TPSA) is 78.9 Å². The van der Waals surface area contributed by atoms with Gasteiger partial charge in [-0.3, -0.25) is 4.79 Å². The van der Waals surface area contributed by atoms with Gasteiger partial charge < -0.3 is 14.2 Å². The molecule has 1 aliphatic rings. The van der Waals surface area contributed by atoms with E-state index < -0.39 is 17.5 Å². The van der Waals surface area contributed by atoms with Crippen molar-refractivity contribution in [3.05, 3.63) is 143 Å². The molecule has 0 aromatic heterocycles. The fourth-order valence-corrected chi connectivity index (χ4v) is 5.72. The van der Waals surface area contributed by atoms with Gasteiger partial charge in [0, 0.05) is 16.7 Å². The summed E-state index contributed by atoms with van der Waals surface area (Å²) in [5.41, 5.74) is 2.90. The van der Waals surface area contributed by atoms with Crippen molar-refractivity contribution >= 4 is 34.6 Å². The van der Waals surface area contributed by atoms with E-state index in [1.54, 1.807) is 50.3 Å². The molecule has 44 heavy (non-hydrogen) atoms. The van der Waals surface area contributed by atoms with E-state index in [1.807, 2.05) is 78.9 Å². The minimum atomic E-state index is -1.54. The van der Waals surface area contributed by atoms with Crippen molar-refractivity contribution in [1.82, 2.24) is 0 Å². The predicted molar refractivity (Wildman–Crippen MR) is 170 cm³/mol. The van der Waals surface area contributed by atoms with Crippen LogP contribution in [0.3, 0.4) is 0 Å². The molecule has 6 nitrogen and oxygen atoms in total. The lowest BCUT2D eigenvalue weighted by Crippen LogP contribution is -2.44. The molecular formula is C38H30O6. The summed E-state index contributed by atoms with van der Waals surface area (Å²) in [5, 5.41) is 1.67. The second-order valence-electron chi connectivity index (χ2n) is 10.3. The summed E-state index contributed by atoms with van der Waals surface area (Å²) >= 11 is 0. The van der Waals surface area contributed by atoms with E-state index in [2.05, 4.69) is 0 Å². The Morgan fingerprint density at radius 2 is 1.32 bits per heavy atom. The maximum atomic E-state index is 14.1. The number of carbonyl (C=O) groups is 3. The highest BCUT2D eigenvalue weighted by atomic mass is 16.5. The summed E-state index contributed by atoms with van der Waals surface area (Å²) in [5.74, 6) is -0.593. The standard InChI is InChI=1S/C38H30O6/c1-3-42-36(40)28-15-19-31-26(23-28)17-21-33(35(31)25-11-7-5-8-12-25)44-38(30-13-9-6-10-14-30)32-20-16-29(37(41)43-4-2)24-27(32)18-22-34(38)39/h5-24H,3-4H2,1-2H3. The fraction of sp³-hybridized carbons (Fsp3) is 0.132. The van der Waals surface area contributed by atoms with Crippen LogP contribution in [0.1, 0.15) is 51.3 Å². The van der Waals surface area contributed by atoms with Crippen LogP contribution in [0.5, 0.6) is 5.75 Å². The molecule has 218 valence electrons. The smallest absolute Gasteiger partial charge is 0.338 e. The first-order valence-corrected chi connectivity index (χ1v) is 14.5. The van der Waals surface area contributed by atoms with Gasteiger partial charge in [-0.25, -0.2) is 9.59 Å². The van der Waals surface area contributed by atoms with Gasteiger partial charge in [0.15, 0.2) is 0 Å². The second kappa shape index (κ2) is 12.0. The minimum Gasteiger partial charge on any atom is -0.469 e. The highest BCUT2D eigenvalue weighted by Crippen LogP contribution is 2.46. The van der Waals surface area contributed by atoms with Crippen LogP contribution in [0.25, 0.3) is 28.0 Å². The summed E-state index contributed by atoms with van der Waals surface area (Å²) in [6.45, 7) is 4.07. The fourth-order valence-electron chi connectivity index (χ4n) is 5.72. The monoisotopic (exact) mass is 582 g/mol. The zero-order valence-corrected chi connectivity index (χ0v) is 24.4. The van der Waals surface area contributed by atoms with Crippen LogP contribution in [0.4, 0.5) is 0 Å². The third-order valence-corrected chi connectivity index (χ3v) is 7.70. The Morgan fingerprint density at radius 1 is 0.682 bits per heavy atom. The van der Waals surface area contributed by atoms with Gasteiger partial charge in [0.25, 0.3) is 0 Å². The van der Waals surface area contributed by atoms with Crippen LogP contribution in [-0.4, -0.2) is 30.9 Å². The maximum absolute atomic E-state index is 14.1. The largest absolute Gasteiger partial charge is 0.469 e. The molecular weight excluding hydrogens is 552 g/mol. The van der Waals surface area contributed by atoms with Crippen LogP contribution >= 0.6 is 0 Å². The van der Waals surface area contributed by atoms with E-state index in [9.17, 15) is 14.4 Å². The first-order valence-electron chi connectivity index (χ1n) is 14.5. The van der Waals surface area contributed by atoms with E-state index in [4.69, 9.17) is 14.2 Å². The number of fused-ring (bicyclic) bond motifs is 2. The molecule has 0 spiro atoms. The lowest BCUT2D eigenvalue weighted by molar-refractivity contribution is -0.127. The van der Waals surface area contributed by atoms with Crippen LogP contribution in [0, 0.1) is 0 Å². The Bertz CT molecular complexity index is 1910. The number of rotatable bonds is 8. The number of ether oxygens (including phenoxy) is 3. The molecule has 0 N–H and O–H groups in total. The first-order chi connectivity index (χ1) is 21.5. The second-order valence-corrected chi connectivity index (χ2v) is 10.3. The minimum absolute atomic E-state index is 0.253. The van der Waals surface area contributed by atoms with Crippen molar-refractivity contribution in [1.29, 1.82) is 0 Å². The summed E-state index contributed by atoms with van der Waals surface area (Å²) in [4.78, 5) is 39.2. The molecule has 0 heterocycles. The van der Waals surface area contributed by atoms with Crippen LogP contribution in [0.15, 0.2) is 115 Å². The van der Waals surface area contributed by atoms with Gasteiger partial charge >= 0.3 is 11.9 Å². The van der Waals surface area contributed by atoms with Crippen molar-refractivity contribution in [3.63, 3.8) is 0 Å². The molecule has 0 saturated carbocycles. The summed E-state index contributed by atoms with van der Waals surface area (Å²) < 4.78 is 17.5. The lowest BCUT2D eigenvalue weighted by atomic mass is 9.76. The van der Waals surface area contributed by atoms with Crippen molar-refractivity contribution in [2.75, 3.05) is 13.2 Å². The molecule has 6 rings (SSSR count). The van der Waals surface area contributed by atoms with Gasteiger partial charge in [-0.2, -0.15) is 0 Å². The van der Waals surface area contributed by atoms with Gasteiger partial charge in [-0.05, 0) is 72.2 Å². The van der Waals surface area contributed by atoms with Gasteiger partial charge in [-0.1, -0.05) is 84.9 Å². The number of ketones is 1. The van der Waals surface area contributed by atoms with Crippen LogP contribution in [0.2, 0.25) is 0 Å². The van der Waals surface area contributed by atoms with Gasteiger partial charge in [0.1, 0.15) is 5.75 Å². The number of carbonyl (C=O) groups excluding carboxylic acids is 3. The molecule has 0 radical (unpaired) electrons. The molecule has 5 aromatic rings. The molecule has 0 bridgehead atoms. The molecule has 0 saturated heterocycles. The van der Waals surface area contributed by atoms with E-state index >= 15 is 0 Å². The van der Waals surface area contributed by atoms with Crippen molar-refractivity contribution in [3.8, 4) is 16.9 Å². The average molecular weight is 583 g/mol. The number of hydrogen-bond acceptors (Lipinski definition) is 6. The molecule has 0 aliphatic heterocycles.